The Bertz CT molecular complexity index is 583. The van der Waals surface area contributed by atoms with E-state index in [1.807, 2.05) is 0 Å². The number of para-hydroxylation sites is 1. The number of H-pyrrole nitrogens is 1. The average molecular weight is 287 g/mol. The number of rotatable bonds is 5. The second-order valence-corrected chi connectivity index (χ2v) is 5.82. The normalized spacial score (nSPS) is 16.8. The number of benzene rings is 1. The van der Waals surface area contributed by atoms with Gasteiger partial charge in [0.25, 0.3) is 0 Å². The van der Waals surface area contributed by atoms with E-state index in [1.54, 1.807) is 0 Å². The van der Waals surface area contributed by atoms with Crippen molar-refractivity contribution in [1.82, 2.24) is 20.2 Å². The summed E-state index contributed by atoms with van der Waals surface area (Å²) in [5.41, 5.74) is 3.51. The van der Waals surface area contributed by atoms with Gasteiger partial charge in [0.1, 0.15) is 11.3 Å². The van der Waals surface area contributed by atoms with Crippen LogP contribution in [0.3, 0.4) is 0 Å². The van der Waals surface area contributed by atoms with E-state index in [4.69, 9.17) is 4.98 Å². The molecule has 1 aromatic carbocycles. The van der Waals surface area contributed by atoms with Crippen molar-refractivity contribution in [3.8, 4) is 0 Å². The molecular weight excluding hydrogens is 262 g/mol. The van der Waals surface area contributed by atoms with Crippen molar-refractivity contribution in [2.45, 2.75) is 19.9 Å². The Kier molecular flexibility index (Phi) is 4.41. The fourth-order valence-corrected chi connectivity index (χ4v) is 2.84. The maximum Gasteiger partial charge on any atom is 0.121 e. The Morgan fingerprint density at radius 1 is 1.24 bits per heavy atom. The van der Waals surface area contributed by atoms with E-state index in [9.17, 15) is 0 Å². The molecule has 5 heteroatoms. The van der Waals surface area contributed by atoms with Gasteiger partial charge in [0.2, 0.25) is 0 Å². The molecule has 114 valence electrons. The number of imidazole rings is 1. The van der Waals surface area contributed by atoms with Crippen LogP contribution in [0.2, 0.25) is 0 Å². The van der Waals surface area contributed by atoms with Crippen molar-refractivity contribution in [1.29, 1.82) is 0 Å². The maximum atomic E-state index is 4.81. The zero-order valence-electron chi connectivity index (χ0n) is 13.0. The molecule has 0 amide bonds. The van der Waals surface area contributed by atoms with Crippen molar-refractivity contribution >= 4 is 16.7 Å². The molecule has 0 bridgehead atoms. The Balaban J connectivity index is 1.82. The van der Waals surface area contributed by atoms with Gasteiger partial charge >= 0.3 is 0 Å². The van der Waals surface area contributed by atoms with Crippen LogP contribution in [-0.2, 0) is 6.54 Å². The van der Waals surface area contributed by atoms with Gasteiger partial charge in [0.15, 0.2) is 0 Å². The Labute approximate surface area is 126 Å². The molecule has 1 aromatic heterocycles. The highest BCUT2D eigenvalue weighted by atomic mass is 15.3. The highest BCUT2D eigenvalue weighted by molar-refractivity contribution is 5.89. The Morgan fingerprint density at radius 3 is 2.81 bits per heavy atom. The quantitative estimate of drug-likeness (QED) is 0.824. The van der Waals surface area contributed by atoms with Gasteiger partial charge in [-0.3, -0.25) is 0 Å². The number of aromatic amines is 1. The summed E-state index contributed by atoms with van der Waals surface area (Å²) in [6, 6.07) is 6.43. The molecule has 21 heavy (non-hydrogen) atoms. The molecule has 0 aliphatic carbocycles. The molecule has 0 radical (unpaired) electrons. The van der Waals surface area contributed by atoms with Gasteiger partial charge in [-0.2, -0.15) is 0 Å². The number of anilines is 1. The molecule has 0 saturated carbocycles. The average Bonchev–Trinajstić information content (AvgIpc) is 2.91. The minimum absolute atomic E-state index is 0.810. The molecule has 1 saturated heterocycles. The second-order valence-electron chi connectivity index (χ2n) is 5.82. The molecule has 2 aromatic rings. The lowest BCUT2D eigenvalue weighted by Crippen LogP contribution is -2.44. The van der Waals surface area contributed by atoms with Gasteiger partial charge in [-0.25, -0.2) is 4.98 Å². The van der Waals surface area contributed by atoms with Crippen molar-refractivity contribution in [3.63, 3.8) is 0 Å². The van der Waals surface area contributed by atoms with Crippen molar-refractivity contribution in [3.05, 3.63) is 24.0 Å². The molecule has 1 aliphatic rings. The van der Waals surface area contributed by atoms with Crippen LogP contribution in [-0.4, -0.2) is 54.6 Å². The van der Waals surface area contributed by atoms with Crippen LogP contribution >= 0.6 is 0 Å². The van der Waals surface area contributed by atoms with Crippen molar-refractivity contribution in [2.75, 3.05) is 44.7 Å². The molecule has 5 nitrogen and oxygen atoms in total. The zero-order chi connectivity index (χ0) is 14.7. The molecule has 3 rings (SSSR count). The van der Waals surface area contributed by atoms with Crippen LogP contribution in [0.1, 0.15) is 19.2 Å². The van der Waals surface area contributed by atoms with E-state index < -0.39 is 0 Å². The summed E-state index contributed by atoms with van der Waals surface area (Å²) in [5, 5.41) is 3.40. The van der Waals surface area contributed by atoms with E-state index in [-0.39, 0.29) is 0 Å². The van der Waals surface area contributed by atoms with E-state index >= 15 is 0 Å². The van der Waals surface area contributed by atoms with Gasteiger partial charge in [-0.1, -0.05) is 13.0 Å². The minimum Gasteiger partial charge on any atom is -0.367 e. The van der Waals surface area contributed by atoms with Gasteiger partial charge < -0.3 is 20.1 Å². The first-order chi connectivity index (χ1) is 10.3. The van der Waals surface area contributed by atoms with Gasteiger partial charge in [0.05, 0.1) is 17.7 Å². The number of aromatic nitrogens is 2. The van der Waals surface area contributed by atoms with Gasteiger partial charge in [0, 0.05) is 26.2 Å². The van der Waals surface area contributed by atoms with E-state index in [2.05, 4.69) is 52.3 Å². The lowest BCUT2D eigenvalue weighted by molar-refractivity contribution is 0.313. The first-order valence-corrected chi connectivity index (χ1v) is 7.89. The molecular formula is C16H25N5. The molecule has 0 spiro atoms. The number of fused-ring (bicyclic) bond motifs is 1. The van der Waals surface area contributed by atoms with Crippen LogP contribution in [0.15, 0.2) is 18.2 Å². The topological polar surface area (TPSA) is 47.2 Å². The van der Waals surface area contributed by atoms with Crippen LogP contribution in [0.4, 0.5) is 5.69 Å². The van der Waals surface area contributed by atoms with Crippen LogP contribution in [0, 0.1) is 0 Å². The third-order valence-electron chi connectivity index (χ3n) is 4.10. The summed E-state index contributed by atoms with van der Waals surface area (Å²) in [6.45, 7) is 8.40. The number of likely N-dealkylation sites (N-methyl/N-ethyl adjacent to an activating group) is 1. The number of nitrogens with zero attached hydrogens (tertiary/aromatic N) is 3. The molecule has 1 aliphatic heterocycles. The first-order valence-electron chi connectivity index (χ1n) is 7.89. The van der Waals surface area contributed by atoms with E-state index in [0.29, 0.717) is 0 Å². The number of hydrogen-bond donors (Lipinski definition) is 2. The predicted octanol–water partition coefficient (Wildman–Crippen LogP) is 1.81. The van der Waals surface area contributed by atoms with Gasteiger partial charge in [-0.05, 0) is 32.1 Å². The summed E-state index contributed by atoms with van der Waals surface area (Å²) >= 11 is 0. The summed E-state index contributed by atoms with van der Waals surface area (Å²) in [6.07, 6.45) is 1.15. The summed E-state index contributed by atoms with van der Waals surface area (Å²) in [4.78, 5) is 13.1. The number of piperazine rings is 1. The highest BCUT2D eigenvalue weighted by Gasteiger charge is 2.17. The van der Waals surface area contributed by atoms with Gasteiger partial charge in [-0.15, -0.1) is 0 Å². The minimum atomic E-state index is 0.810. The SMILES string of the molecule is CCCNCc1nc2c(N3CCN(C)CC3)cccc2[nH]1. The standard InChI is InChI=1S/C16H25N5/c1-3-7-17-12-15-18-13-5-4-6-14(16(13)19-15)21-10-8-20(2)9-11-21/h4-6,17H,3,7-12H2,1-2H3,(H,18,19). The van der Waals surface area contributed by atoms with Crippen molar-refractivity contribution in [2.24, 2.45) is 0 Å². The predicted molar refractivity (Wildman–Crippen MR) is 87.8 cm³/mol. The Hall–Kier alpha value is -1.59. The molecule has 0 atom stereocenters. The summed E-state index contributed by atoms with van der Waals surface area (Å²) in [7, 11) is 2.18. The third kappa shape index (κ3) is 3.19. The molecule has 2 heterocycles. The van der Waals surface area contributed by atoms with E-state index in [1.165, 1.54) is 5.69 Å². The zero-order valence-corrected chi connectivity index (χ0v) is 13.0. The summed E-state index contributed by atoms with van der Waals surface area (Å²) < 4.78 is 0. The fraction of sp³-hybridized carbons (Fsp3) is 0.562. The third-order valence-corrected chi connectivity index (χ3v) is 4.10. The lowest BCUT2D eigenvalue weighted by atomic mass is 10.2. The summed E-state index contributed by atoms with van der Waals surface area (Å²) in [5.74, 6) is 1.03. The van der Waals surface area contributed by atoms with E-state index in [0.717, 1.165) is 62.5 Å². The second kappa shape index (κ2) is 6.45. The monoisotopic (exact) mass is 287 g/mol. The number of nitrogens with one attached hydrogen (secondary N) is 2. The van der Waals surface area contributed by atoms with Crippen LogP contribution in [0.25, 0.3) is 11.0 Å². The van der Waals surface area contributed by atoms with Crippen molar-refractivity contribution < 1.29 is 0 Å². The largest absolute Gasteiger partial charge is 0.367 e. The number of hydrogen-bond acceptors (Lipinski definition) is 4. The first kappa shape index (κ1) is 14.4. The maximum absolute atomic E-state index is 4.81. The van der Waals surface area contributed by atoms with Crippen LogP contribution in [0.5, 0.6) is 0 Å². The lowest BCUT2D eigenvalue weighted by Gasteiger charge is -2.34. The molecule has 1 fully saturated rings. The molecule has 2 N–H and O–H groups in total. The molecule has 0 unspecified atom stereocenters. The highest BCUT2D eigenvalue weighted by Crippen LogP contribution is 2.25. The Morgan fingerprint density at radius 2 is 2.05 bits per heavy atom. The van der Waals surface area contributed by atoms with Crippen LogP contribution < -0.4 is 10.2 Å². The smallest absolute Gasteiger partial charge is 0.121 e. The fourth-order valence-electron chi connectivity index (χ4n) is 2.84.